The zero-order chi connectivity index (χ0) is 18.1. The van der Waals surface area contributed by atoms with E-state index in [0.29, 0.717) is 26.1 Å². The highest BCUT2D eigenvalue weighted by Gasteiger charge is 2.18. The van der Waals surface area contributed by atoms with Crippen LogP contribution < -0.4 is 10.5 Å². The molecule has 0 spiro atoms. The highest BCUT2D eigenvalue weighted by atomic mass is 16.6. The zero-order valence-electron chi connectivity index (χ0n) is 13.8. The molecule has 0 aliphatic carbocycles. The summed E-state index contributed by atoms with van der Waals surface area (Å²) in [4.78, 5) is 24.6. The van der Waals surface area contributed by atoms with Crippen LogP contribution in [0.15, 0.2) is 54.6 Å². The number of rotatable bonds is 9. The number of carbonyl (C=O) groups excluding carboxylic acids is 1. The number of nitrogens with two attached hydrogens (primary N) is 1. The fraction of sp³-hybridized carbons (Fsp3) is 0.278. The maximum Gasteiger partial charge on any atom is 0.310 e. The largest absolute Gasteiger partial charge is 0.477 e. The Bertz CT molecular complexity index is 706. The number of nitro groups is 1. The number of nitro benzene ring substituents is 1. The van der Waals surface area contributed by atoms with Crippen LogP contribution >= 0.6 is 0 Å². The summed E-state index contributed by atoms with van der Waals surface area (Å²) < 4.78 is 5.39. The van der Waals surface area contributed by atoms with E-state index in [9.17, 15) is 14.9 Å². The summed E-state index contributed by atoms with van der Waals surface area (Å²) in [6.07, 6.45) is 0.671. The molecule has 2 aromatic rings. The molecular formula is C18H21N3O4. The lowest BCUT2D eigenvalue weighted by molar-refractivity contribution is -0.385. The van der Waals surface area contributed by atoms with Gasteiger partial charge in [-0.25, -0.2) is 0 Å². The number of para-hydroxylation sites is 2. The molecule has 0 radical (unpaired) electrons. The van der Waals surface area contributed by atoms with E-state index < -0.39 is 4.92 Å². The second-order valence-electron chi connectivity index (χ2n) is 5.46. The first-order valence-electron chi connectivity index (χ1n) is 8.00. The van der Waals surface area contributed by atoms with E-state index in [1.165, 1.54) is 12.1 Å². The standard InChI is InChI=1S/C18H21N3O4/c19-11-6-12-20(13-15-7-2-1-3-8-15)18(22)14-25-17-10-5-4-9-16(17)21(23)24/h1-5,7-10H,6,11-14,19H2. The summed E-state index contributed by atoms with van der Waals surface area (Å²) in [6, 6.07) is 15.6. The Morgan fingerprint density at radius 2 is 1.80 bits per heavy atom. The first-order chi connectivity index (χ1) is 12.1. The van der Waals surface area contributed by atoms with Gasteiger partial charge in [0.2, 0.25) is 0 Å². The van der Waals surface area contributed by atoms with Crippen LogP contribution in [0.1, 0.15) is 12.0 Å². The quantitative estimate of drug-likeness (QED) is 0.556. The molecule has 25 heavy (non-hydrogen) atoms. The van der Waals surface area contributed by atoms with Gasteiger partial charge in [-0.2, -0.15) is 0 Å². The fourth-order valence-corrected chi connectivity index (χ4v) is 2.34. The minimum Gasteiger partial charge on any atom is -0.477 e. The van der Waals surface area contributed by atoms with Crippen molar-refractivity contribution in [3.63, 3.8) is 0 Å². The number of benzene rings is 2. The van der Waals surface area contributed by atoms with E-state index in [1.54, 1.807) is 17.0 Å². The Morgan fingerprint density at radius 3 is 2.48 bits per heavy atom. The average molecular weight is 343 g/mol. The number of hydrogen-bond acceptors (Lipinski definition) is 5. The molecule has 0 saturated heterocycles. The summed E-state index contributed by atoms with van der Waals surface area (Å²) in [5, 5.41) is 11.0. The van der Waals surface area contributed by atoms with Crippen LogP contribution in [0.2, 0.25) is 0 Å². The zero-order valence-corrected chi connectivity index (χ0v) is 13.8. The number of carbonyl (C=O) groups is 1. The van der Waals surface area contributed by atoms with Crippen molar-refractivity contribution in [1.29, 1.82) is 0 Å². The lowest BCUT2D eigenvalue weighted by atomic mass is 10.2. The van der Waals surface area contributed by atoms with Crippen LogP contribution in [0.4, 0.5) is 5.69 Å². The van der Waals surface area contributed by atoms with Crippen molar-refractivity contribution < 1.29 is 14.5 Å². The van der Waals surface area contributed by atoms with E-state index in [0.717, 1.165) is 5.56 Å². The molecule has 7 heteroatoms. The lowest BCUT2D eigenvalue weighted by Gasteiger charge is -2.22. The van der Waals surface area contributed by atoms with Gasteiger partial charge in [-0.15, -0.1) is 0 Å². The molecule has 0 heterocycles. The van der Waals surface area contributed by atoms with Crippen LogP contribution in [-0.4, -0.2) is 35.4 Å². The van der Waals surface area contributed by atoms with Gasteiger partial charge in [-0.05, 0) is 24.6 Å². The minimum absolute atomic E-state index is 0.0827. The maximum atomic E-state index is 12.5. The van der Waals surface area contributed by atoms with Crippen molar-refractivity contribution in [2.24, 2.45) is 5.73 Å². The Hall–Kier alpha value is -2.93. The monoisotopic (exact) mass is 343 g/mol. The molecule has 0 fully saturated rings. The van der Waals surface area contributed by atoms with Crippen LogP contribution in [0.5, 0.6) is 5.75 Å². The molecule has 0 saturated carbocycles. The molecule has 7 nitrogen and oxygen atoms in total. The molecule has 0 atom stereocenters. The van der Waals surface area contributed by atoms with Crippen molar-refractivity contribution in [2.45, 2.75) is 13.0 Å². The normalized spacial score (nSPS) is 10.3. The van der Waals surface area contributed by atoms with E-state index in [4.69, 9.17) is 10.5 Å². The van der Waals surface area contributed by atoms with Gasteiger partial charge in [-0.1, -0.05) is 42.5 Å². The third kappa shape index (κ3) is 5.58. The Morgan fingerprint density at radius 1 is 1.12 bits per heavy atom. The summed E-state index contributed by atoms with van der Waals surface area (Å²) >= 11 is 0. The number of nitrogens with zero attached hydrogens (tertiary/aromatic N) is 2. The molecule has 1 amide bonds. The summed E-state index contributed by atoms with van der Waals surface area (Å²) in [6.45, 7) is 1.16. The molecule has 0 aliphatic rings. The second-order valence-corrected chi connectivity index (χ2v) is 5.46. The smallest absolute Gasteiger partial charge is 0.310 e. The van der Waals surface area contributed by atoms with Crippen molar-refractivity contribution in [3.05, 3.63) is 70.3 Å². The van der Waals surface area contributed by atoms with Crippen LogP contribution in [0.3, 0.4) is 0 Å². The third-order valence-electron chi connectivity index (χ3n) is 3.61. The molecule has 2 aromatic carbocycles. The summed E-state index contributed by atoms with van der Waals surface area (Å²) in [5.41, 5.74) is 6.38. The van der Waals surface area contributed by atoms with Gasteiger partial charge in [0.15, 0.2) is 12.4 Å². The summed E-state index contributed by atoms with van der Waals surface area (Å²) in [7, 11) is 0. The molecule has 0 unspecified atom stereocenters. The average Bonchev–Trinajstić information content (AvgIpc) is 2.64. The topological polar surface area (TPSA) is 98.7 Å². The van der Waals surface area contributed by atoms with E-state index in [2.05, 4.69) is 0 Å². The fourth-order valence-electron chi connectivity index (χ4n) is 2.34. The van der Waals surface area contributed by atoms with Crippen molar-refractivity contribution in [3.8, 4) is 5.75 Å². The van der Waals surface area contributed by atoms with Crippen molar-refractivity contribution >= 4 is 11.6 Å². The van der Waals surface area contributed by atoms with Gasteiger partial charge >= 0.3 is 5.69 Å². The van der Waals surface area contributed by atoms with Crippen molar-refractivity contribution in [1.82, 2.24) is 4.90 Å². The van der Waals surface area contributed by atoms with Gasteiger partial charge in [0.05, 0.1) is 4.92 Å². The van der Waals surface area contributed by atoms with E-state index in [1.807, 2.05) is 30.3 Å². The van der Waals surface area contributed by atoms with E-state index >= 15 is 0 Å². The van der Waals surface area contributed by atoms with Crippen molar-refractivity contribution in [2.75, 3.05) is 19.7 Å². The van der Waals surface area contributed by atoms with Gasteiger partial charge in [-0.3, -0.25) is 14.9 Å². The van der Waals surface area contributed by atoms with E-state index in [-0.39, 0.29) is 24.0 Å². The van der Waals surface area contributed by atoms with Gasteiger partial charge in [0.1, 0.15) is 0 Å². The molecule has 0 bridgehead atoms. The first-order valence-corrected chi connectivity index (χ1v) is 8.00. The summed E-state index contributed by atoms with van der Waals surface area (Å²) in [5.74, 6) is -0.158. The molecule has 2 N–H and O–H groups in total. The second kappa shape index (κ2) is 9.39. The number of amides is 1. The van der Waals surface area contributed by atoms with Gasteiger partial charge < -0.3 is 15.4 Å². The highest BCUT2D eigenvalue weighted by Crippen LogP contribution is 2.25. The molecule has 2 rings (SSSR count). The third-order valence-corrected chi connectivity index (χ3v) is 3.61. The van der Waals surface area contributed by atoms with Gasteiger partial charge in [0, 0.05) is 19.2 Å². The number of hydrogen-bond donors (Lipinski definition) is 1. The maximum absolute atomic E-state index is 12.5. The molecule has 132 valence electrons. The minimum atomic E-state index is -0.532. The molecule has 0 aromatic heterocycles. The first kappa shape index (κ1) is 18.4. The van der Waals surface area contributed by atoms with Crippen LogP contribution in [0.25, 0.3) is 0 Å². The Kier molecular flexibility index (Phi) is 6.91. The predicted octanol–water partition coefficient (Wildman–Crippen LogP) is 2.35. The molecular weight excluding hydrogens is 322 g/mol. The number of ether oxygens (including phenoxy) is 1. The predicted molar refractivity (Wildman–Crippen MR) is 94.1 cm³/mol. The highest BCUT2D eigenvalue weighted by molar-refractivity contribution is 5.78. The Labute approximate surface area is 146 Å². The van der Waals surface area contributed by atoms with Crippen LogP contribution in [0, 0.1) is 10.1 Å². The lowest BCUT2D eigenvalue weighted by Crippen LogP contribution is -2.36. The SMILES string of the molecule is NCCCN(Cc1ccccc1)C(=O)COc1ccccc1[N+](=O)[O-]. The Balaban J connectivity index is 2.03. The molecule has 0 aliphatic heterocycles. The van der Waals surface area contributed by atoms with Crippen LogP contribution in [-0.2, 0) is 11.3 Å². The van der Waals surface area contributed by atoms with Gasteiger partial charge in [0.25, 0.3) is 5.91 Å².